The Kier molecular flexibility index (Phi) is 6.32. The summed E-state index contributed by atoms with van der Waals surface area (Å²) in [5.41, 5.74) is 1.11. The molecule has 2 saturated heterocycles. The predicted molar refractivity (Wildman–Crippen MR) is 96.5 cm³/mol. The lowest BCUT2D eigenvalue weighted by Crippen LogP contribution is -2.41. The van der Waals surface area contributed by atoms with Crippen LogP contribution in [0.3, 0.4) is 0 Å². The normalized spacial score (nSPS) is 21.2. The van der Waals surface area contributed by atoms with E-state index in [0.717, 1.165) is 31.4 Å². The summed E-state index contributed by atoms with van der Waals surface area (Å²) in [7, 11) is 0. The van der Waals surface area contributed by atoms with Gasteiger partial charge in [-0.2, -0.15) is 0 Å². The second kappa shape index (κ2) is 8.68. The Bertz CT molecular complexity index is 599. The van der Waals surface area contributed by atoms with Gasteiger partial charge < -0.3 is 14.5 Å². The summed E-state index contributed by atoms with van der Waals surface area (Å²) in [5.74, 6) is 0.245. The predicted octanol–water partition coefficient (Wildman–Crippen LogP) is 2.51. The standard InChI is InChI=1S/C19H25ClN2O3/c20-16-7-4-15(5-8-16)6-9-18(23)21-10-2-11-22(13-12-21)19(24)17-3-1-14-25-17/h4-5,7-8,17H,1-3,6,9-14H2. The van der Waals surface area contributed by atoms with E-state index in [1.165, 1.54) is 0 Å². The van der Waals surface area contributed by atoms with Gasteiger partial charge in [0, 0.05) is 44.2 Å². The lowest BCUT2D eigenvalue weighted by molar-refractivity contribution is -0.141. The van der Waals surface area contributed by atoms with E-state index in [1.54, 1.807) is 0 Å². The van der Waals surface area contributed by atoms with E-state index in [4.69, 9.17) is 16.3 Å². The van der Waals surface area contributed by atoms with Crippen LogP contribution in [0.2, 0.25) is 5.02 Å². The van der Waals surface area contributed by atoms with Crippen molar-refractivity contribution in [1.29, 1.82) is 0 Å². The number of benzene rings is 1. The minimum absolute atomic E-state index is 0.0907. The van der Waals surface area contributed by atoms with Crippen LogP contribution >= 0.6 is 11.6 Å². The average Bonchev–Trinajstić information content (AvgIpc) is 3.05. The number of nitrogens with zero attached hydrogens (tertiary/aromatic N) is 2. The molecule has 2 amide bonds. The Balaban J connectivity index is 1.47. The van der Waals surface area contributed by atoms with Crippen molar-refractivity contribution < 1.29 is 14.3 Å². The van der Waals surface area contributed by atoms with E-state index < -0.39 is 0 Å². The molecule has 2 fully saturated rings. The van der Waals surface area contributed by atoms with E-state index in [-0.39, 0.29) is 17.9 Å². The van der Waals surface area contributed by atoms with Crippen LogP contribution in [0.15, 0.2) is 24.3 Å². The molecule has 0 N–H and O–H groups in total. The van der Waals surface area contributed by atoms with Crippen LogP contribution in [0.4, 0.5) is 0 Å². The van der Waals surface area contributed by atoms with Crippen molar-refractivity contribution in [2.45, 2.75) is 38.2 Å². The summed E-state index contributed by atoms with van der Waals surface area (Å²) < 4.78 is 5.50. The highest BCUT2D eigenvalue weighted by molar-refractivity contribution is 6.30. The number of carbonyl (C=O) groups excluding carboxylic acids is 2. The van der Waals surface area contributed by atoms with Crippen LogP contribution in [0.5, 0.6) is 0 Å². The van der Waals surface area contributed by atoms with Gasteiger partial charge in [-0.25, -0.2) is 0 Å². The molecule has 1 aromatic rings. The Morgan fingerprint density at radius 3 is 2.48 bits per heavy atom. The molecule has 6 heteroatoms. The highest BCUT2D eigenvalue weighted by atomic mass is 35.5. The summed E-state index contributed by atoms with van der Waals surface area (Å²) in [6.45, 7) is 3.32. The number of hydrogen-bond donors (Lipinski definition) is 0. The van der Waals surface area contributed by atoms with Crippen molar-refractivity contribution in [3.8, 4) is 0 Å². The third-order valence-corrected chi connectivity index (χ3v) is 5.16. The Morgan fingerprint density at radius 2 is 1.76 bits per heavy atom. The minimum atomic E-state index is -0.271. The summed E-state index contributed by atoms with van der Waals surface area (Å²) in [6, 6.07) is 7.61. The molecular weight excluding hydrogens is 340 g/mol. The molecule has 0 radical (unpaired) electrons. The molecule has 136 valence electrons. The third-order valence-electron chi connectivity index (χ3n) is 4.91. The van der Waals surface area contributed by atoms with Gasteiger partial charge in [-0.05, 0) is 43.4 Å². The van der Waals surface area contributed by atoms with Gasteiger partial charge in [0.25, 0.3) is 5.91 Å². The van der Waals surface area contributed by atoms with Gasteiger partial charge in [0.05, 0.1) is 0 Å². The van der Waals surface area contributed by atoms with Gasteiger partial charge >= 0.3 is 0 Å². The van der Waals surface area contributed by atoms with E-state index >= 15 is 0 Å². The Labute approximate surface area is 153 Å². The van der Waals surface area contributed by atoms with Crippen molar-refractivity contribution >= 4 is 23.4 Å². The summed E-state index contributed by atoms with van der Waals surface area (Å²) in [4.78, 5) is 28.7. The molecule has 0 spiro atoms. The first-order chi connectivity index (χ1) is 12.1. The fourth-order valence-corrected chi connectivity index (χ4v) is 3.55. The van der Waals surface area contributed by atoms with Crippen molar-refractivity contribution in [2.24, 2.45) is 0 Å². The average molecular weight is 365 g/mol. The maximum absolute atomic E-state index is 12.5. The van der Waals surface area contributed by atoms with Gasteiger partial charge in [-0.3, -0.25) is 9.59 Å². The molecule has 3 rings (SSSR count). The quantitative estimate of drug-likeness (QED) is 0.824. The Morgan fingerprint density at radius 1 is 1.04 bits per heavy atom. The van der Waals surface area contributed by atoms with Crippen molar-refractivity contribution in [3.05, 3.63) is 34.9 Å². The van der Waals surface area contributed by atoms with Crippen LogP contribution in [-0.2, 0) is 20.7 Å². The van der Waals surface area contributed by atoms with Gasteiger partial charge in [0.2, 0.25) is 5.91 Å². The molecule has 1 aromatic carbocycles. The van der Waals surface area contributed by atoms with Gasteiger partial charge in [-0.15, -0.1) is 0 Å². The second-order valence-corrected chi connectivity index (χ2v) is 7.12. The Hall–Kier alpha value is -1.59. The summed E-state index contributed by atoms with van der Waals surface area (Å²) in [5, 5.41) is 0.707. The smallest absolute Gasteiger partial charge is 0.251 e. The van der Waals surface area contributed by atoms with Crippen LogP contribution < -0.4 is 0 Å². The molecule has 0 aromatic heterocycles. The number of carbonyl (C=O) groups is 2. The molecule has 2 aliphatic rings. The first-order valence-electron chi connectivity index (χ1n) is 9.06. The monoisotopic (exact) mass is 364 g/mol. The first kappa shape index (κ1) is 18.2. The molecule has 2 heterocycles. The molecule has 2 aliphatic heterocycles. The molecule has 25 heavy (non-hydrogen) atoms. The topological polar surface area (TPSA) is 49.9 Å². The lowest BCUT2D eigenvalue weighted by atomic mass is 10.1. The van der Waals surface area contributed by atoms with Crippen LogP contribution in [0.25, 0.3) is 0 Å². The highest BCUT2D eigenvalue weighted by Crippen LogP contribution is 2.17. The van der Waals surface area contributed by atoms with E-state index in [1.807, 2.05) is 34.1 Å². The molecule has 0 saturated carbocycles. The van der Waals surface area contributed by atoms with Crippen molar-refractivity contribution in [1.82, 2.24) is 9.80 Å². The number of amides is 2. The maximum atomic E-state index is 12.5. The van der Waals surface area contributed by atoms with E-state index in [9.17, 15) is 9.59 Å². The number of hydrogen-bond acceptors (Lipinski definition) is 3. The van der Waals surface area contributed by atoms with E-state index in [0.29, 0.717) is 44.1 Å². The van der Waals surface area contributed by atoms with Crippen molar-refractivity contribution in [2.75, 3.05) is 32.8 Å². The molecule has 0 aliphatic carbocycles. The zero-order valence-corrected chi connectivity index (χ0v) is 15.2. The molecule has 1 unspecified atom stereocenters. The van der Waals surface area contributed by atoms with E-state index in [2.05, 4.69) is 0 Å². The highest BCUT2D eigenvalue weighted by Gasteiger charge is 2.29. The number of rotatable bonds is 4. The minimum Gasteiger partial charge on any atom is -0.368 e. The fourth-order valence-electron chi connectivity index (χ4n) is 3.42. The molecule has 5 nitrogen and oxygen atoms in total. The largest absolute Gasteiger partial charge is 0.368 e. The molecular formula is C19H25ClN2O3. The number of halogens is 1. The fraction of sp³-hybridized carbons (Fsp3) is 0.579. The second-order valence-electron chi connectivity index (χ2n) is 6.69. The maximum Gasteiger partial charge on any atom is 0.251 e. The zero-order valence-electron chi connectivity index (χ0n) is 14.5. The first-order valence-corrected chi connectivity index (χ1v) is 9.44. The van der Waals surface area contributed by atoms with Crippen molar-refractivity contribution in [3.63, 3.8) is 0 Å². The van der Waals surface area contributed by atoms with Gasteiger partial charge in [-0.1, -0.05) is 23.7 Å². The van der Waals surface area contributed by atoms with Gasteiger partial charge in [0.15, 0.2) is 0 Å². The number of ether oxygens (including phenoxy) is 1. The molecule has 1 atom stereocenters. The third kappa shape index (κ3) is 4.95. The summed E-state index contributed by atoms with van der Waals surface area (Å²) in [6.07, 6.45) is 3.53. The SMILES string of the molecule is O=C(CCc1ccc(Cl)cc1)N1CCCN(C(=O)C2CCCO2)CC1. The van der Waals surface area contributed by atoms with Crippen LogP contribution in [0.1, 0.15) is 31.2 Å². The number of aryl methyl sites for hydroxylation is 1. The zero-order chi connectivity index (χ0) is 17.6. The van der Waals surface area contributed by atoms with Crippen LogP contribution in [-0.4, -0.2) is 60.5 Å². The summed E-state index contributed by atoms with van der Waals surface area (Å²) >= 11 is 5.88. The van der Waals surface area contributed by atoms with Crippen LogP contribution in [0, 0.1) is 0 Å². The van der Waals surface area contributed by atoms with Gasteiger partial charge in [0.1, 0.15) is 6.10 Å². The molecule has 0 bridgehead atoms. The lowest BCUT2D eigenvalue weighted by Gasteiger charge is -2.24.